The normalized spacial score (nSPS) is 30.5. The molecule has 0 aromatic heterocycles. The van der Waals surface area contributed by atoms with Gasteiger partial charge in [0.2, 0.25) is 5.91 Å². The predicted octanol–water partition coefficient (Wildman–Crippen LogP) is 2.64. The molecule has 3 atom stereocenters. The average Bonchev–Trinajstić information content (AvgIpc) is 2.94. The Bertz CT molecular complexity index is 426. The van der Waals surface area contributed by atoms with E-state index in [1.807, 2.05) is 24.3 Å². The highest BCUT2D eigenvalue weighted by Gasteiger charge is 2.42. The summed E-state index contributed by atoms with van der Waals surface area (Å²) in [7, 11) is 0. The predicted molar refractivity (Wildman–Crippen MR) is 68.4 cm³/mol. The molecule has 0 heterocycles. The van der Waals surface area contributed by atoms with Crippen LogP contribution in [0.3, 0.4) is 0 Å². The lowest BCUT2D eigenvalue weighted by Crippen LogP contribution is -2.27. The fourth-order valence-electron chi connectivity index (χ4n) is 3.37. The van der Waals surface area contributed by atoms with Gasteiger partial charge in [0.05, 0.1) is 0 Å². The standard InChI is InChI=1S/C14H18N2O/c15-11-3-5-12(6-4-11)16-14(17)13-8-9-1-2-10(13)7-9/h3-6,9-10,13H,1-2,7-8,15H2,(H,16,17). The van der Waals surface area contributed by atoms with E-state index in [4.69, 9.17) is 5.73 Å². The Hall–Kier alpha value is -1.51. The van der Waals surface area contributed by atoms with E-state index >= 15 is 0 Å². The van der Waals surface area contributed by atoms with Gasteiger partial charge in [-0.15, -0.1) is 0 Å². The summed E-state index contributed by atoms with van der Waals surface area (Å²) in [6, 6.07) is 7.35. The molecule has 0 radical (unpaired) electrons. The second kappa shape index (κ2) is 4.06. The van der Waals surface area contributed by atoms with E-state index in [1.165, 1.54) is 19.3 Å². The molecule has 2 bridgehead atoms. The summed E-state index contributed by atoms with van der Waals surface area (Å²) in [5, 5.41) is 3.00. The molecule has 17 heavy (non-hydrogen) atoms. The van der Waals surface area contributed by atoms with Gasteiger partial charge in [0.1, 0.15) is 0 Å². The molecule has 2 fully saturated rings. The monoisotopic (exact) mass is 230 g/mol. The maximum Gasteiger partial charge on any atom is 0.227 e. The Kier molecular flexibility index (Phi) is 2.54. The zero-order valence-electron chi connectivity index (χ0n) is 9.86. The highest BCUT2D eigenvalue weighted by molar-refractivity contribution is 5.93. The van der Waals surface area contributed by atoms with Gasteiger partial charge in [-0.2, -0.15) is 0 Å². The van der Waals surface area contributed by atoms with Crippen LogP contribution in [0.4, 0.5) is 11.4 Å². The van der Waals surface area contributed by atoms with E-state index in [-0.39, 0.29) is 11.8 Å². The van der Waals surface area contributed by atoms with Gasteiger partial charge < -0.3 is 11.1 Å². The maximum absolute atomic E-state index is 12.1. The third-order valence-corrected chi connectivity index (χ3v) is 4.25. The van der Waals surface area contributed by atoms with Crippen molar-refractivity contribution >= 4 is 17.3 Å². The van der Waals surface area contributed by atoms with E-state index in [0.29, 0.717) is 5.92 Å². The molecule has 3 rings (SSSR count). The number of hydrogen-bond acceptors (Lipinski definition) is 2. The fourth-order valence-corrected chi connectivity index (χ4v) is 3.37. The zero-order chi connectivity index (χ0) is 11.8. The molecule has 2 saturated carbocycles. The minimum atomic E-state index is 0.196. The minimum Gasteiger partial charge on any atom is -0.399 e. The lowest BCUT2D eigenvalue weighted by molar-refractivity contribution is -0.121. The molecule has 1 aromatic rings. The number of nitrogen functional groups attached to an aromatic ring is 1. The van der Waals surface area contributed by atoms with Crippen LogP contribution in [-0.2, 0) is 4.79 Å². The number of nitrogens with two attached hydrogens (primary N) is 1. The van der Waals surface area contributed by atoms with Gasteiger partial charge >= 0.3 is 0 Å². The molecule has 1 amide bonds. The molecule has 90 valence electrons. The Morgan fingerprint density at radius 1 is 1.18 bits per heavy atom. The van der Waals surface area contributed by atoms with Gasteiger partial charge in [-0.25, -0.2) is 0 Å². The molecule has 3 unspecified atom stereocenters. The largest absolute Gasteiger partial charge is 0.399 e. The van der Waals surface area contributed by atoms with Crippen LogP contribution in [0.2, 0.25) is 0 Å². The molecular weight excluding hydrogens is 212 g/mol. The lowest BCUT2D eigenvalue weighted by atomic mass is 9.88. The summed E-state index contributed by atoms with van der Waals surface area (Å²) < 4.78 is 0. The van der Waals surface area contributed by atoms with E-state index in [0.717, 1.165) is 23.7 Å². The van der Waals surface area contributed by atoms with Gasteiger partial charge in [-0.05, 0) is 55.4 Å². The van der Waals surface area contributed by atoms with Crippen LogP contribution in [0.1, 0.15) is 25.7 Å². The quantitative estimate of drug-likeness (QED) is 0.767. The number of amides is 1. The van der Waals surface area contributed by atoms with E-state index in [2.05, 4.69) is 5.32 Å². The summed E-state index contributed by atoms with van der Waals surface area (Å²) in [6.45, 7) is 0. The van der Waals surface area contributed by atoms with Crippen molar-refractivity contribution in [3.63, 3.8) is 0 Å². The lowest BCUT2D eigenvalue weighted by Gasteiger charge is -2.20. The Labute approximate surface area is 101 Å². The van der Waals surface area contributed by atoms with Crippen molar-refractivity contribution in [3.05, 3.63) is 24.3 Å². The van der Waals surface area contributed by atoms with Crippen LogP contribution in [0.25, 0.3) is 0 Å². The van der Waals surface area contributed by atoms with Gasteiger partial charge in [0, 0.05) is 17.3 Å². The number of hydrogen-bond donors (Lipinski definition) is 2. The van der Waals surface area contributed by atoms with Crippen molar-refractivity contribution in [2.75, 3.05) is 11.1 Å². The molecule has 3 heteroatoms. The van der Waals surface area contributed by atoms with Crippen molar-refractivity contribution in [3.8, 4) is 0 Å². The summed E-state index contributed by atoms with van der Waals surface area (Å²) in [5.74, 6) is 1.88. The summed E-state index contributed by atoms with van der Waals surface area (Å²) in [4.78, 5) is 12.1. The Morgan fingerprint density at radius 3 is 2.53 bits per heavy atom. The zero-order valence-corrected chi connectivity index (χ0v) is 9.86. The maximum atomic E-state index is 12.1. The van der Waals surface area contributed by atoms with Crippen LogP contribution in [0.5, 0.6) is 0 Å². The van der Waals surface area contributed by atoms with Crippen molar-refractivity contribution in [1.82, 2.24) is 0 Å². The first-order chi connectivity index (χ1) is 8.22. The molecule has 0 aliphatic heterocycles. The van der Waals surface area contributed by atoms with Crippen LogP contribution in [-0.4, -0.2) is 5.91 Å². The molecule has 0 saturated heterocycles. The van der Waals surface area contributed by atoms with E-state index in [1.54, 1.807) is 0 Å². The first-order valence-corrected chi connectivity index (χ1v) is 6.39. The molecule has 2 aliphatic rings. The molecule has 2 aliphatic carbocycles. The fraction of sp³-hybridized carbons (Fsp3) is 0.500. The highest BCUT2D eigenvalue weighted by Crippen LogP contribution is 2.48. The van der Waals surface area contributed by atoms with Gasteiger partial charge in [0.15, 0.2) is 0 Å². The van der Waals surface area contributed by atoms with Gasteiger partial charge in [-0.3, -0.25) is 4.79 Å². The summed E-state index contributed by atoms with van der Waals surface area (Å²) in [6.07, 6.45) is 4.92. The first kappa shape index (κ1) is 10.6. The topological polar surface area (TPSA) is 55.1 Å². The number of fused-ring (bicyclic) bond motifs is 2. The molecule has 3 nitrogen and oxygen atoms in total. The summed E-state index contributed by atoms with van der Waals surface area (Å²) in [5.41, 5.74) is 7.19. The Balaban J connectivity index is 1.65. The first-order valence-electron chi connectivity index (χ1n) is 6.39. The van der Waals surface area contributed by atoms with Crippen LogP contribution >= 0.6 is 0 Å². The third-order valence-electron chi connectivity index (χ3n) is 4.25. The average molecular weight is 230 g/mol. The second-order valence-electron chi connectivity index (χ2n) is 5.39. The minimum absolute atomic E-state index is 0.196. The van der Waals surface area contributed by atoms with Crippen LogP contribution in [0, 0.1) is 17.8 Å². The smallest absolute Gasteiger partial charge is 0.227 e. The van der Waals surface area contributed by atoms with Gasteiger partial charge in [0.25, 0.3) is 0 Å². The number of nitrogens with one attached hydrogen (secondary N) is 1. The number of rotatable bonds is 2. The summed E-state index contributed by atoms with van der Waals surface area (Å²) >= 11 is 0. The SMILES string of the molecule is Nc1ccc(NC(=O)C2CC3CCC2C3)cc1. The van der Waals surface area contributed by atoms with Gasteiger partial charge in [-0.1, -0.05) is 6.42 Å². The Morgan fingerprint density at radius 2 is 1.94 bits per heavy atom. The van der Waals surface area contributed by atoms with Crippen molar-refractivity contribution in [2.24, 2.45) is 17.8 Å². The highest BCUT2D eigenvalue weighted by atomic mass is 16.1. The third kappa shape index (κ3) is 2.02. The number of anilines is 2. The van der Waals surface area contributed by atoms with E-state index in [9.17, 15) is 4.79 Å². The van der Waals surface area contributed by atoms with Crippen molar-refractivity contribution in [1.29, 1.82) is 0 Å². The van der Waals surface area contributed by atoms with Crippen LogP contribution < -0.4 is 11.1 Å². The van der Waals surface area contributed by atoms with E-state index < -0.39 is 0 Å². The second-order valence-corrected chi connectivity index (χ2v) is 5.39. The molecule has 1 aromatic carbocycles. The van der Waals surface area contributed by atoms with Crippen LogP contribution in [0.15, 0.2) is 24.3 Å². The number of benzene rings is 1. The van der Waals surface area contributed by atoms with Crippen molar-refractivity contribution in [2.45, 2.75) is 25.7 Å². The van der Waals surface area contributed by atoms with Crippen molar-refractivity contribution < 1.29 is 4.79 Å². The number of carbonyl (C=O) groups is 1. The molecular formula is C14H18N2O. The molecule has 0 spiro atoms. The molecule has 3 N–H and O–H groups in total. The number of carbonyl (C=O) groups excluding carboxylic acids is 1.